The SMILES string of the molecule is Nc1ncc2c(C(=O)O)cccc2n1. The standard InChI is InChI=1S/C9H7N3O2/c10-9-11-4-6-5(8(13)14)2-1-3-7(6)12-9/h1-4H,(H,13,14)(H2,10,11,12). The van der Waals surface area contributed by atoms with Crippen molar-refractivity contribution in [3.63, 3.8) is 0 Å². The number of hydrogen-bond acceptors (Lipinski definition) is 4. The first-order chi connectivity index (χ1) is 6.68. The van der Waals surface area contributed by atoms with Crippen LogP contribution in [0.3, 0.4) is 0 Å². The van der Waals surface area contributed by atoms with Gasteiger partial charge in [0, 0.05) is 11.6 Å². The molecule has 0 aliphatic rings. The third-order valence-corrected chi connectivity index (χ3v) is 1.87. The number of carboxylic acids is 1. The second kappa shape index (κ2) is 2.95. The average Bonchev–Trinajstić information content (AvgIpc) is 2.16. The summed E-state index contributed by atoms with van der Waals surface area (Å²) in [5.74, 6) is -0.857. The topological polar surface area (TPSA) is 89.1 Å². The van der Waals surface area contributed by atoms with E-state index >= 15 is 0 Å². The number of nitrogen functional groups attached to an aromatic ring is 1. The van der Waals surface area contributed by atoms with Crippen molar-refractivity contribution in [3.05, 3.63) is 30.0 Å². The molecular formula is C9H7N3O2. The van der Waals surface area contributed by atoms with Crippen molar-refractivity contribution in [1.29, 1.82) is 0 Å². The van der Waals surface area contributed by atoms with E-state index in [0.717, 1.165) is 0 Å². The number of aromatic carboxylic acids is 1. The van der Waals surface area contributed by atoms with Gasteiger partial charge in [-0.1, -0.05) is 6.07 Å². The Labute approximate surface area is 79.2 Å². The van der Waals surface area contributed by atoms with Crippen LogP contribution in [0.25, 0.3) is 10.9 Å². The first-order valence-electron chi connectivity index (χ1n) is 3.93. The summed E-state index contributed by atoms with van der Waals surface area (Å²) in [6, 6.07) is 4.82. The average molecular weight is 189 g/mol. The van der Waals surface area contributed by atoms with Crippen LogP contribution in [-0.4, -0.2) is 21.0 Å². The van der Waals surface area contributed by atoms with Crippen LogP contribution in [0.15, 0.2) is 24.4 Å². The smallest absolute Gasteiger partial charge is 0.336 e. The van der Waals surface area contributed by atoms with E-state index in [-0.39, 0.29) is 11.5 Å². The highest BCUT2D eigenvalue weighted by Crippen LogP contribution is 2.16. The van der Waals surface area contributed by atoms with Gasteiger partial charge in [0.25, 0.3) is 0 Å². The molecule has 0 saturated heterocycles. The predicted octanol–water partition coefficient (Wildman–Crippen LogP) is 0.910. The number of nitrogens with zero attached hydrogens (tertiary/aromatic N) is 2. The van der Waals surface area contributed by atoms with Gasteiger partial charge in [-0.2, -0.15) is 0 Å². The molecule has 0 aliphatic heterocycles. The van der Waals surface area contributed by atoms with Crippen LogP contribution in [0.4, 0.5) is 5.95 Å². The second-order valence-electron chi connectivity index (χ2n) is 2.77. The Morgan fingerprint density at radius 2 is 2.21 bits per heavy atom. The number of fused-ring (bicyclic) bond motifs is 1. The molecule has 1 aromatic carbocycles. The molecule has 0 saturated carbocycles. The molecule has 70 valence electrons. The van der Waals surface area contributed by atoms with E-state index in [4.69, 9.17) is 10.8 Å². The zero-order valence-corrected chi connectivity index (χ0v) is 7.14. The van der Waals surface area contributed by atoms with Crippen molar-refractivity contribution in [2.24, 2.45) is 0 Å². The molecule has 2 aromatic rings. The fourth-order valence-electron chi connectivity index (χ4n) is 1.26. The summed E-state index contributed by atoms with van der Waals surface area (Å²) >= 11 is 0. The summed E-state index contributed by atoms with van der Waals surface area (Å²) in [4.78, 5) is 18.5. The lowest BCUT2D eigenvalue weighted by Crippen LogP contribution is -2.00. The van der Waals surface area contributed by atoms with E-state index in [2.05, 4.69) is 9.97 Å². The van der Waals surface area contributed by atoms with Gasteiger partial charge in [-0.15, -0.1) is 0 Å². The number of anilines is 1. The highest BCUT2D eigenvalue weighted by atomic mass is 16.4. The summed E-state index contributed by atoms with van der Waals surface area (Å²) in [5, 5.41) is 9.36. The molecule has 0 amide bonds. The fraction of sp³-hybridized carbons (Fsp3) is 0. The van der Waals surface area contributed by atoms with Crippen LogP contribution in [-0.2, 0) is 0 Å². The number of benzene rings is 1. The van der Waals surface area contributed by atoms with Crippen LogP contribution in [0, 0.1) is 0 Å². The second-order valence-corrected chi connectivity index (χ2v) is 2.77. The molecule has 2 rings (SSSR count). The van der Waals surface area contributed by atoms with Crippen molar-refractivity contribution in [3.8, 4) is 0 Å². The summed E-state index contributed by atoms with van der Waals surface area (Å²) in [6.07, 6.45) is 1.42. The molecule has 0 radical (unpaired) electrons. The molecule has 0 atom stereocenters. The first-order valence-corrected chi connectivity index (χ1v) is 3.93. The Balaban J connectivity index is 2.81. The van der Waals surface area contributed by atoms with Crippen molar-refractivity contribution in [1.82, 2.24) is 9.97 Å². The molecule has 3 N–H and O–H groups in total. The Kier molecular flexibility index (Phi) is 1.78. The van der Waals surface area contributed by atoms with Gasteiger partial charge in [-0.05, 0) is 12.1 Å². The molecule has 0 aliphatic carbocycles. The van der Waals surface area contributed by atoms with E-state index in [1.807, 2.05) is 0 Å². The van der Waals surface area contributed by atoms with Gasteiger partial charge in [0.2, 0.25) is 5.95 Å². The minimum atomic E-state index is -0.996. The highest BCUT2D eigenvalue weighted by molar-refractivity contribution is 6.02. The van der Waals surface area contributed by atoms with Gasteiger partial charge in [0.15, 0.2) is 0 Å². The third-order valence-electron chi connectivity index (χ3n) is 1.87. The van der Waals surface area contributed by atoms with E-state index in [1.54, 1.807) is 12.1 Å². The molecule has 1 heterocycles. The summed E-state index contributed by atoms with van der Waals surface area (Å²) in [6.45, 7) is 0. The fourth-order valence-corrected chi connectivity index (χ4v) is 1.26. The molecule has 0 fully saturated rings. The minimum Gasteiger partial charge on any atom is -0.478 e. The maximum absolute atomic E-state index is 10.8. The predicted molar refractivity (Wildman–Crippen MR) is 50.9 cm³/mol. The van der Waals surface area contributed by atoms with Crippen LogP contribution in [0.1, 0.15) is 10.4 Å². The molecule has 14 heavy (non-hydrogen) atoms. The molecule has 5 nitrogen and oxygen atoms in total. The highest BCUT2D eigenvalue weighted by Gasteiger charge is 2.08. The molecule has 5 heteroatoms. The maximum Gasteiger partial charge on any atom is 0.336 e. The quantitative estimate of drug-likeness (QED) is 0.695. The van der Waals surface area contributed by atoms with Gasteiger partial charge in [-0.3, -0.25) is 0 Å². The summed E-state index contributed by atoms with van der Waals surface area (Å²) in [5.41, 5.74) is 6.10. The lowest BCUT2D eigenvalue weighted by Gasteiger charge is -2.00. The third kappa shape index (κ3) is 1.24. The van der Waals surface area contributed by atoms with Crippen molar-refractivity contribution in [2.45, 2.75) is 0 Å². The van der Waals surface area contributed by atoms with Crippen molar-refractivity contribution >= 4 is 22.8 Å². The first kappa shape index (κ1) is 8.43. The largest absolute Gasteiger partial charge is 0.478 e. The number of nitrogens with two attached hydrogens (primary N) is 1. The number of aromatic nitrogens is 2. The van der Waals surface area contributed by atoms with Crippen LogP contribution in [0.2, 0.25) is 0 Å². The van der Waals surface area contributed by atoms with E-state index in [0.29, 0.717) is 10.9 Å². The Hall–Kier alpha value is -2.17. The Morgan fingerprint density at radius 1 is 1.43 bits per heavy atom. The molecule has 0 spiro atoms. The van der Waals surface area contributed by atoms with E-state index in [9.17, 15) is 4.79 Å². The van der Waals surface area contributed by atoms with Gasteiger partial charge >= 0.3 is 5.97 Å². The Bertz CT molecular complexity index is 510. The van der Waals surface area contributed by atoms with E-state index in [1.165, 1.54) is 12.3 Å². The zero-order chi connectivity index (χ0) is 10.1. The van der Waals surface area contributed by atoms with Crippen LogP contribution >= 0.6 is 0 Å². The van der Waals surface area contributed by atoms with Crippen molar-refractivity contribution < 1.29 is 9.90 Å². The maximum atomic E-state index is 10.8. The minimum absolute atomic E-state index is 0.139. The lowest BCUT2D eigenvalue weighted by atomic mass is 10.1. The Morgan fingerprint density at radius 3 is 2.93 bits per heavy atom. The number of carboxylic acid groups (broad SMARTS) is 1. The molecule has 0 bridgehead atoms. The zero-order valence-electron chi connectivity index (χ0n) is 7.14. The van der Waals surface area contributed by atoms with Crippen LogP contribution in [0.5, 0.6) is 0 Å². The number of carbonyl (C=O) groups is 1. The summed E-state index contributed by atoms with van der Waals surface area (Å²) < 4.78 is 0. The van der Waals surface area contributed by atoms with Crippen LogP contribution < -0.4 is 5.73 Å². The molecule has 1 aromatic heterocycles. The van der Waals surface area contributed by atoms with Gasteiger partial charge in [-0.25, -0.2) is 14.8 Å². The normalized spacial score (nSPS) is 10.3. The van der Waals surface area contributed by atoms with E-state index < -0.39 is 5.97 Å². The monoisotopic (exact) mass is 189 g/mol. The number of hydrogen-bond donors (Lipinski definition) is 2. The van der Waals surface area contributed by atoms with Gasteiger partial charge < -0.3 is 10.8 Å². The van der Waals surface area contributed by atoms with Gasteiger partial charge in [0.05, 0.1) is 11.1 Å². The van der Waals surface area contributed by atoms with Gasteiger partial charge in [0.1, 0.15) is 0 Å². The molecule has 0 unspecified atom stereocenters. The number of rotatable bonds is 1. The molecular weight excluding hydrogens is 182 g/mol. The van der Waals surface area contributed by atoms with Crippen molar-refractivity contribution in [2.75, 3.05) is 5.73 Å². The summed E-state index contributed by atoms with van der Waals surface area (Å²) in [7, 11) is 0. The lowest BCUT2D eigenvalue weighted by molar-refractivity contribution is 0.0699.